The molecule has 1 N–H and O–H groups in total. The van der Waals surface area contributed by atoms with Gasteiger partial charge in [-0.05, 0) is 26.1 Å². The maximum atomic E-state index is 10.8. The highest BCUT2D eigenvalue weighted by Gasteiger charge is 2.33. The lowest BCUT2D eigenvalue weighted by Crippen LogP contribution is -2.47. The first-order chi connectivity index (χ1) is 9.63. The smallest absolute Gasteiger partial charge is 0.324 e. The number of hydrogen-bond acceptors (Lipinski definition) is 6. The Morgan fingerprint density at radius 2 is 2.40 bits per heavy atom. The predicted molar refractivity (Wildman–Crippen MR) is 79.2 cm³/mol. The minimum Gasteiger partial charge on any atom is -0.374 e. The largest absolute Gasteiger partial charge is 0.374 e. The van der Waals surface area contributed by atoms with Crippen LogP contribution in [0.4, 0.5) is 5.00 Å². The minimum atomic E-state index is -0.331. The Morgan fingerprint density at radius 3 is 3.05 bits per heavy atom. The second-order valence-corrected chi connectivity index (χ2v) is 6.07. The summed E-state index contributed by atoms with van der Waals surface area (Å²) in [6.45, 7) is 5.41. The molecule has 1 saturated heterocycles. The van der Waals surface area contributed by atoms with E-state index < -0.39 is 0 Å². The van der Waals surface area contributed by atoms with Gasteiger partial charge in [0, 0.05) is 24.0 Å². The third-order valence-corrected chi connectivity index (χ3v) is 4.57. The van der Waals surface area contributed by atoms with Gasteiger partial charge in [-0.1, -0.05) is 18.3 Å². The zero-order valence-electron chi connectivity index (χ0n) is 11.9. The van der Waals surface area contributed by atoms with Gasteiger partial charge in [-0.15, -0.1) is 0 Å². The van der Waals surface area contributed by atoms with Crippen molar-refractivity contribution in [3.05, 3.63) is 27.1 Å². The van der Waals surface area contributed by atoms with E-state index in [1.54, 1.807) is 6.07 Å². The average Bonchev–Trinajstić information content (AvgIpc) is 2.88. The Bertz CT molecular complexity index is 452. The van der Waals surface area contributed by atoms with Crippen molar-refractivity contribution in [2.45, 2.75) is 25.5 Å². The van der Waals surface area contributed by atoms with Crippen LogP contribution in [0, 0.1) is 10.1 Å². The third-order valence-electron chi connectivity index (χ3n) is 3.46. The molecule has 0 aliphatic carbocycles. The fraction of sp³-hybridized carbons (Fsp3) is 0.692. The fourth-order valence-electron chi connectivity index (χ4n) is 2.45. The van der Waals surface area contributed by atoms with Crippen LogP contribution in [0.5, 0.6) is 0 Å². The molecule has 0 spiro atoms. The lowest BCUT2D eigenvalue weighted by Gasteiger charge is -2.38. The van der Waals surface area contributed by atoms with E-state index in [0.717, 1.165) is 30.9 Å². The van der Waals surface area contributed by atoms with E-state index in [2.05, 4.69) is 17.1 Å². The minimum absolute atomic E-state index is 0.0403. The van der Waals surface area contributed by atoms with Crippen LogP contribution >= 0.6 is 11.3 Å². The number of morpholine rings is 1. The average molecular weight is 299 g/mol. The van der Waals surface area contributed by atoms with Crippen molar-refractivity contribution < 1.29 is 9.66 Å². The molecule has 2 atom stereocenters. The summed E-state index contributed by atoms with van der Waals surface area (Å²) in [5.41, 5.74) is 0. The summed E-state index contributed by atoms with van der Waals surface area (Å²) in [7, 11) is 2.05. The molecule has 6 nitrogen and oxygen atoms in total. The number of nitrogens with one attached hydrogen (secondary N) is 1. The second kappa shape index (κ2) is 7.12. The van der Waals surface area contributed by atoms with Gasteiger partial charge in [0.25, 0.3) is 0 Å². The SMILES string of the molecule is CCCNCC1OCCN(C)C1c1ccc([N+](=O)[O-])s1. The topological polar surface area (TPSA) is 67.6 Å². The van der Waals surface area contributed by atoms with Crippen molar-refractivity contribution in [3.63, 3.8) is 0 Å². The maximum Gasteiger partial charge on any atom is 0.324 e. The van der Waals surface area contributed by atoms with Gasteiger partial charge in [0.15, 0.2) is 0 Å². The summed E-state index contributed by atoms with van der Waals surface area (Å²) in [5, 5.41) is 14.4. The van der Waals surface area contributed by atoms with Crippen LogP contribution in [0.3, 0.4) is 0 Å². The fourth-order valence-corrected chi connectivity index (χ4v) is 3.49. The first-order valence-corrected chi connectivity index (χ1v) is 7.71. The van der Waals surface area contributed by atoms with Crippen molar-refractivity contribution in [1.82, 2.24) is 10.2 Å². The van der Waals surface area contributed by atoms with Gasteiger partial charge in [0.05, 0.1) is 23.7 Å². The highest BCUT2D eigenvalue weighted by atomic mass is 32.1. The first kappa shape index (κ1) is 15.4. The van der Waals surface area contributed by atoms with E-state index in [9.17, 15) is 10.1 Å². The Kier molecular flexibility index (Phi) is 5.47. The molecule has 1 fully saturated rings. The summed E-state index contributed by atoms with van der Waals surface area (Å²) in [6, 6.07) is 3.52. The van der Waals surface area contributed by atoms with Crippen molar-refractivity contribution in [2.24, 2.45) is 0 Å². The number of ether oxygens (including phenoxy) is 1. The molecule has 0 aromatic carbocycles. The molecule has 1 aromatic heterocycles. The molecule has 1 aromatic rings. The molecule has 2 heterocycles. The number of rotatable bonds is 6. The zero-order chi connectivity index (χ0) is 14.5. The molecule has 0 bridgehead atoms. The van der Waals surface area contributed by atoms with E-state index >= 15 is 0 Å². The van der Waals surface area contributed by atoms with Crippen molar-refractivity contribution >= 4 is 16.3 Å². The summed E-state index contributed by atoms with van der Waals surface area (Å²) < 4.78 is 5.86. The highest BCUT2D eigenvalue weighted by Crippen LogP contribution is 2.35. The van der Waals surface area contributed by atoms with Crippen molar-refractivity contribution in [2.75, 3.05) is 33.3 Å². The van der Waals surface area contributed by atoms with Gasteiger partial charge in [-0.2, -0.15) is 0 Å². The first-order valence-electron chi connectivity index (χ1n) is 6.90. The standard InChI is InChI=1S/C13H21N3O3S/c1-3-6-14-9-10-13(15(2)7-8-19-10)11-4-5-12(20-11)16(17)18/h4-5,10,13-14H,3,6-9H2,1-2H3. The maximum absolute atomic E-state index is 10.8. The van der Waals surface area contributed by atoms with Gasteiger partial charge >= 0.3 is 5.00 Å². The molecular weight excluding hydrogens is 278 g/mol. The van der Waals surface area contributed by atoms with Gasteiger partial charge in [-0.25, -0.2) is 0 Å². The van der Waals surface area contributed by atoms with Crippen molar-refractivity contribution in [3.8, 4) is 0 Å². The van der Waals surface area contributed by atoms with Crippen LogP contribution in [0.1, 0.15) is 24.3 Å². The molecule has 2 unspecified atom stereocenters. The van der Waals surface area contributed by atoms with Crippen LogP contribution in [-0.2, 0) is 4.74 Å². The van der Waals surface area contributed by atoms with Crippen LogP contribution in [0.15, 0.2) is 12.1 Å². The molecule has 0 amide bonds. The number of likely N-dealkylation sites (N-methyl/N-ethyl adjacent to an activating group) is 1. The Morgan fingerprint density at radius 1 is 1.60 bits per heavy atom. The molecular formula is C13H21N3O3S. The van der Waals surface area contributed by atoms with E-state index in [1.807, 2.05) is 13.1 Å². The molecule has 0 radical (unpaired) electrons. The van der Waals surface area contributed by atoms with Gasteiger partial charge in [0.2, 0.25) is 0 Å². The summed E-state index contributed by atoms with van der Waals surface area (Å²) in [6.07, 6.45) is 1.12. The number of hydrogen-bond donors (Lipinski definition) is 1. The normalized spacial score (nSPS) is 23.9. The highest BCUT2D eigenvalue weighted by molar-refractivity contribution is 7.15. The predicted octanol–water partition coefficient (Wildman–Crippen LogP) is 2.03. The van der Waals surface area contributed by atoms with Gasteiger partial charge in [-0.3, -0.25) is 15.0 Å². The third kappa shape index (κ3) is 3.54. The summed E-state index contributed by atoms with van der Waals surface area (Å²) >= 11 is 1.25. The monoisotopic (exact) mass is 299 g/mol. The molecule has 0 saturated carbocycles. The van der Waals surface area contributed by atoms with Gasteiger partial charge < -0.3 is 10.1 Å². The van der Waals surface area contributed by atoms with Crippen molar-refractivity contribution in [1.29, 1.82) is 0 Å². The summed E-state index contributed by atoms with van der Waals surface area (Å²) in [4.78, 5) is 13.7. The zero-order valence-corrected chi connectivity index (χ0v) is 12.7. The van der Waals surface area contributed by atoms with Gasteiger partial charge in [0.1, 0.15) is 0 Å². The second-order valence-electron chi connectivity index (χ2n) is 4.97. The van der Waals surface area contributed by atoms with E-state index in [1.165, 1.54) is 11.3 Å². The van der Waals surface area contributed by atoms with Crippen LogP contribution in [0.2, 0.25) is 0 Å². The Labute approximate surface area is 122 Å². The lowest BCUT2D eigenvalue weighted by molar-refractivity contribution is -0.380. The van der Waals surface area contributed by atoms with Crippen LogP contribution in [-0.4, -0.2) is 49.2 Å². The Hall–Kier alpha value is -1.02. The molecule has 7 heteroatoms. The number of nitrogens with zero attached hydrogens (tertiary/aromatic N) is 2. The quantitative estimate of drug-likeness (QED) is 0.494. The molecule has 112 valence electrons. The Balaban J connectivity index is 2.11. The molecule has 20 heavy (non-hydrogen) atoms. The number of nitro groups is 1. The van der Waals surface area contributed by atoms with E-state index in [0.29, 0.717) is 6.61 Å². The molecule has 1 aliphatic rings. The molecule has 2 rings (SSSR count). The summed E-state index contributed by atoms with van der Waals surface area (Å²) in [5.74, 6) is 0. The molecule has 1 aliphatic heterocycles. The van der Waals surface area contributed by atoms with Crippen LogP contribution in [0.25, 0.3) is 0 Å². The van der Waals surface area contributed by atoms with E-state index in [4.69, 9.17) is 4.74 Å². The number of thiophene rings is 1. The van der Waals surface area contributed by atoms with Crippen LogP contribution < -0.4 is 5.32 Å². The van der Waals surface area contributed by atoms with E-state index in [-0.39, 0.29) is 22.1 Å². The lowest BCUT2D eigenvalue weighted by atomic mass is 10.1.